The van der Waals surface area contributed by atoms with E-state index < -0.39 is 5.97 Å². The molecule has 142 valence electrons. The van der Waals surface area contributed by atoms with Crippen molar-refractivity contribution in [2.24, 2.45) is 0 Å². The molecule has 0 saturated carbocycles. The van der Waals surface area contributed by atoms with Gasteiger partial charge in [-0.15, -0.1) is 0 Å². The van der Waals surface area contributed by atoms with E-state index >= 15 is 0 Å². The lowest BCUT2D eigenvalue weighted by Gasteiger charge is -2.36. The smallest absolute Gasteiger partial charge is 0.335 e. The molecule has 7 heteroatoms. The van der Waals surface area contributed by atoms with Crippen LogP contribution in [-0.2, 0) is 4.79 Å². The topological polar surface area (TPSA) is 67.3 Å². The van der Waals surface area contributed by atoms with Crippen LogP contribution < -0.4 is 4.90 Å². The molecule has 0 spiro atoms. The molecule has 7 nitrogen and oxygen atoms in total. The first-order valence-electron chi connectivity index (χ1n) is 9.19. The summed E-state index contributed by atoms with van der Waals surface area (Å²) in [6, 6.07) is 7.49. The van der Waals surface area contributed by atoms with E-state index in [-0.39, 0.29) is 5.91 Å². The van der Waals surface area contributed by atoms with Gasteiger partial charge < -0.3 is 19.8 Å². The fraction of sp³-hybridized carbons (Fsp3) is 0.579. The molecule has 2 heterocycles. The maximum absolute atomic E-state index is 12.6. The van der Waals surface area contributed by atoms with Crippen LogP contribution in [0.25, 0.3) is 0 Å². The number of hydrogen-bond donors (Lipinski definition) is 1. The van der Waals surface area contributed by atoms with Gasteiger partial charge in [0.2, 0.25) is 5.91 Å². The molecule has 1 amide bonds. The Bertz CT molecular complexity index is 639. The van der Waals surface area contributed by atoms with Crippen molar-refractivity contribution in [2.45, 2.75) is 12.5 Å². The van der Waals surface area contributed by atoms with Crippen LogP contribution >= 0.6 is 0 Å². The number of piperazine rings is 1. The summed E-state index contributed by atoms with van der Waals surface area (Å²) in [6.07, 6.45) is 1.13. The van der Waals surface area contributed by atoms with Gasteiger partial charge >= 0.3 is 5.97 Å². The predicted molar refractivity (Wildman–Crippen MR) is 101 cm³/mol. The van der Waals surface area contributed by atoms with Gasteiger partial charge in [0.15, 0.2) is 0 Å². The van der Waals surface area contributed by atoms with Crippen LogP contribution in [0.1, 0.15) is 16.8 Å². The summed E-state index contributed by atoms with van der Waals surface area (Å²) in [4.78, 5) is 32.2. The second-order valence-corrected chi connectivity index (χ2v) is 7.36. The summed E-state index contributed by atoms with van der Waals surface area (Å²) in [5.41, 5.74) is 1.31. The van der Waals surface area contributed by atoms with Crippen LogP contribution in [-0.4, -0.2) is 97.6 Å². The number of carboxylic acid groups (broad SMARTS) is 1. The zero-order chi connectivity index (χ0) is 18.7. The van der Waals surface area contributed by atoms with Gasteiger partial charge in [0.1, 0.15) is 0 Å². The van der Waals surface area contributed by atoms with Crippen LogP contribution in [0.3, 0.4) is 0 Å². The van der Waals surface area contributed by atoms with E-state index in [4.69, 9.17) is 5.11 Å². The highest BCUT2D eigenvalue weighted by atomic mass is 16.4. The Balaban J connectivity index is 1.47. The molecule has 2 aliphatic rings. The normalized spacial score (nSPS) is 21.4. The molecular formula is C19H28N4O3. The van der Waals surface area contributed by atoms with E-state index in [1.54, 1.807) is 12.1 Å². The van der Waals surface area contributed by atoms with Gasteiger partial charge in [0.05, 0.1) is 12.1 Å². The number of likely N-dealkylation sites (tertiary alicyclic amines) is 1. The van der Waals surface area contributed by atoms with E-state index in [0.717, 1.165) is 38.3 Å². The molecule has 2 fully saturated rings. The molecule has 1 atom stereocenters. The Morgan fingerprint density at radius 2 is 1.73 bits per heavy atom. The Hall–Kier alpha value is -2.12. The second-order valence-electron chi connectivity index (χ2n) is 7.36. The van der Waals surface area contributed by atoms with Crippen LogP contribution in [0.5, 0.6) is 0 Å². The predicted octanol–water partition coefficient (Wildman–Crippen LogP) is 0.669. The quantitative estimate of drug-likeness (QED) is 0.833. The van der Waals surface area contributed by atoms with E-state index in [0.29, 0.717) is 31.2 Å². The van der Waals surface area contributed by atoms with Crippen molar-refractivity contribution in [3.05, 3.63) is 29.8 Å². The molecule has 3 rings (SSSR count). The maximum atomic E-state index is 12.6. The van der Waals surface area contributed by atoms with Crippen molar-refractivity contribution in [1.29, 1.82) is 0 Å². The van der Waals surface area contributed by atoms with Gasteiger partial charge in [-0.2, -0.15) is 0 Å². The molecule has 0 radical (unpaired) electrons. The van der Waals surface area contributed by atoms with Gasteiger partial charge in [-0.1, -0.05) is 0 Å². The van der Waals surface area contributed by atoms with E-state index in [1.807, 2.05) is 17.0 Å². The Labute approximate surface area is 154 Å². The van der Waals surface area contributed by atoms with E-state index in [2.05, 4.69) is 28.8 Å². The highest BCUT2D eigenvalue weighted by Gasteiger charge is 2.28. The SMILES string of the molecule is CN(C)[C@@H]1CCN(CC(=O)N2CCN(c3ccc(C(=O)O)cc3)CC2)C1. The lowest BCUT2D eigenvalue weighted by molar-refractivity contribution is -0.132. The summed E-state index contributed by atoms with van der Waals surface area (Å²) < 4.78 is 0. The lowest BCUT2D eigenvalue weighted by Crippen LogP contribution is -2.51. The molecule has 26 heavy (non-hydrogen) atoms. The number of likely N-dealkylation sites (N-methyl/N-ethyl adjacent to an activating group) is 1. The molecule has 1 N–H and O–H groups in total. The van der Waals surface area contributed by atoms with Crippen LogP contribution in [0.2, 0.25) is 0 Å². The number of amides is 1. The third-order valence-electron chi connectivity index (χ3n) is 5.45. The van der Waals surface area contributed by atoms with E-state index in [9.17, 15) is 9.59 Å². The highest BCUT2D eigenvalue weighted by Crippen LogP contribution is 2.18. The molecule has 1 aromatic carbocycles. The van der Waals surface area contributed by atoms with Gasteiger partial charge in [-0.05, 0) is 44.8 Å². The molecule has 0 aliphatic carbocycles. The van der Waals surface area contributed by atoms with Crippen molar-refractivity contribution in [2.75, 3.05) is 64.8 Å². The molecular weight excluding hydrogens is 332 g/mol. The average molecular weight is 360 g/mol. The van der Waals surface area contributed by atoms with Gasteiger partial charge in [0, 0.05) is 51.0 Å². The number of anilines is 1. The number of carbonyl (C=O) groups is 2. The summed E-state index contributed by atoms with van der Waals surface area (Å²) in [6.45, 7) is 5.45. The average Bonchev–Trinajstić information content (AvgIpc) is 3.11. The zero-order valence-corrected chi connectivity index (χ0v) is 15.6. The first-order valence-corrected chi connectivity index (χ1v) is 9.19. The van der Waals surface area contributed by atoms with Crippen LogP contribution in [0, 0.1) is 0 Å². The third kappa shape index (κ3) is 4.34. The van der Waals surface area contributed by atoms with Gasteiger partial charge in [0.25, 0.3) is 0 Å². The number of aromatic carboxylic acids is 1. The lowest BCUT2D eigenvalue weighted by atomic mass is 10.2. The molecule has 0 unspecified atom stereocenters. The summed E-state index contributed by atoms with van der Waals surface area (Å²) in [5.74, 6) is -0.698. The number of rotatable bonds is 5. The summed E-state index contributed by atoms with van der Waals surface area (Å²) in [7, 11) is 4.19. The van der Waals surface area contributed by atoms with Gasteiger partial charge in [-0.25, -0.2) is 4.79 Å². The zero-order valence-electron chi connectivity index (χ0n) is 15.6. The van der Waals surface area contributed by atoms with E-state index in [1.165, 1.54) is 0 Å². The number of benzene rings is 1. The molecule has 2 aliphatic heterocycles. The Morgan fingerprint density at radius 1 is 1.08 bits per heavy atom. The van der Waals surface area contributed by atoms with Crippen molar-refractivity contribution in [3.8, 4) is 0 Å². The highest BCUT2D eigenvalue weighted by molar-refractivity contribution is 5.88. The van der Waals surface area contributed by atoms with Crippen LogP contribution in [0.15, 0.2) is 24.3 Å². The largest absolute Gasteiger partial charge is 0.478 e. The molecule has 0 bridgehead atoms. The molecule has 1 aromatic rings. The minimum absolute atomic E-state index is 0.213. The first kappa shape index (κ1) is 18.7. The Kier molecular flexibility index (Phi) is 5.78. The van der Waals surface area contributed by atoms with Crippen LogP contribution in [0.4, 0.5) is 5.69 Å². The molecule has 2 saturated heterocycles. The fourth-order valence-electron chi connectivity index (χ4n) is 3.70. The standard InChI is InChI=1S/C19H28N4O3/c1-20(2)17-7-8-21(13-17)14-18(24)23-11-9-22(10-12-23)16-5-3-15(4-6-16)19(25)26/h3-6,17H,7-14H2,1-2H3,(H,25,26)/t17-/m1/s1. The third-order valence-corrected chi connectivity index (χ3v) is 5.45. The summed E-state index contributed by atoms with van der Waals surface area (Å²) in [5, 5.41) is 8.98. The van der Waals surface area contributed by atoms with Crippen molar-refractivity contribution < 1.29 is 14.7 Å². The second kappa shape index (κ2) is 8.05. The number of hydrogen-bond acceptors (Lipinski definition) is 5. The first-order chi connectivity index (χ1) is 12.4. The minimum Gasteiger partial charge on any atom is -0.478 e. The summed E-state index contributed by atoms with van der Waals surface area (Å²) >= 11 is 0. The minimum atomic E-state index is -0.912. The Morgan fingerprint density at radius 3 is 2.27 bits per heavy atom. The molecule has 0 aromatic heterocycles. The van der Waals surface area contributed by atoms with Crippen molar-refractivity contribution >= 4 is 17.6 Å². The number of carboxylic acids is 1. The van der Waals surface area contributed by atoms with Crippen molar-refractivity contribution in [1.82, 2.24) is 14.7 Å². The maximum Gasteiger partial charge on any atom is 0.335 e. The fourth-order valence-corrected chi connectivity index (χ4v) is 3.70. The number of nitrogens with zero attached hydrogens (tertiary/aromatic N) is 4. The van der Waals surface area contributed by atoms with Gasteiger partial charge in [-0.3, -0.25) is 9.69 Å². The monoisotopic (exact) mass is 360 g/mol. The van der Waals surface area contributed by atoms with Crippen molar-refractivity contribution in [3.63, 3.8) is 0 Å². The number of carbonyl (C=O) groups excluding carboxylic acids is 1.